The fraction of sp³-hybridized carbons (Fsp3) is 0.533. The van der Waals surface area contributed by atoms with Gasteiger partial charge in [0.2, 0.25) is 0 Å². The number of hydrogen-bond donors (Lipinski definition) is 2. The minimum Gasteiger partial charge on any atom is -0.446 e. The minimum atomic E-state index is -0.406. The first-order valence-electron chi connectivity index (χ1n) is 7.17. The second-order valence-corrected chi connectivity index (χ2v) is 5.76. The van der Waals surface area contributed by atoms with Gasteiger partial charge in [-0.15, -0.1) is 0 Å². The lowest BCUT2D eigenvalue weighted by Gasteiger charge is -2.35. The van der Waals surface area contributed by atoms with E-state index in [1.807, 2.05) is 12.1 Å². The average Bonchev–Trinajstić information content (AvgIpc) is 2.63. The molecule has 2 aliphatic rings. The van der Waals surface area contributed by atoms with Crippen molar-refractivity contribution in [2.75, 3.05) is 18.1 Å². The van der Waals surface area contributed by atoms with E-state index in [1.165, 1.54) is 12.8 Å². The summed E-state index contributed by atoms with van der Waals surface area (Å²) in [6, 6.07) is 8.32. The maximum atomic E-state index is 11.9. The second kappa shape index (κ2) is 5.32. The molecule has 0 aromatic heterocycles. The molecule has 2 atom stereocenters. The van der Waals surface area contributed by atoms with E-state index in [-0.39, 0.29) is 6.10 Å². The summed E-state index contributed by atoms with van der Waals surface area (Å²) in [7, 11) is 2.17. The Balaban J connectivity index is 1.56. The van der Waals surface area contributed by atoms with Gasteiger partial charge in [-0.25, -0.2) is 4.79 Å². The minimum absolute atomic E-state index is 0.0219. The lowest BCUT2D eigenvalue weighted by atomic mass is 10.0. The first-order chi connectivity index (χ1) is 9.63. The maximum Gasteiger partial charge on any atom is 0.411 e. The quantitative estimate of drug-likeness (QED) is 0.813. The number of benzene rings is 1. The molecular weight excluding hydrogens is 254 g/mol. The molecule has 0 saturated carbocycles. The lowest BCUT2D eigenvalue weighted by Crippen LogP contribution is -2.43. The number of anilines is 2. The normalized spacial score (nSPS) is 29.1. The molecular formula is C15H21N3O2. The number of amides is 1. The molecule has 1 aromatic rings. The first-order valence-corrected chi connectivity index (χ1v) is 7.17. The molecule has 108 valence electrons. The van der Waals surface area contributed by atoms with E-state index in [4.69, 9.17) is 10.5 Å². The van der Waals surface area contributed by atoms with Gasteiger partial charge in [0.1, 0.15) is 6.10 Å². The van der Waals surface area contributed by atoms with Crippen LogP contribution in [0.4, 0.5) is 16.2 Å². The number of carbonyl (C=O) groups is 1. The number of para-hydroxylation sites is 2. The number of fused-ring (bicyclic) bond motifs is 2. The number of nitrogen functional groups attached to an aromatic ring is 1. The predicted octanol–water partition coefficient (Wildman–Crippen LogP) is 2.44. The van der Waals surface area contributed by atoms with Crippen molar-refractivity contribution < 1.29 is 9.53 Å². The standard InChI is InChI=1S/C15H21N3O2/c1-18-10-6-7-11(18)9-12(8-10)20-15(19)17-14-5-3-2-4-13(14)16/h2-5,10-12H,6-9,16H2,1H3,(H,17,19). The van der Waals surface area contributed by atoms with Gasteiger partial charge in [0.25, 0.3) is 0 Å². The highest BCUT2D eigenvalue weighted by atomic mass is 16.6. The zero-order valence-electron chi connectivity index (χ0n) is 11.7. The van der Waals surface area contributed by atoms with Gasteiger partial charge < -0.3 is 15.4 Å². The third-order valence-electron chi connectivity index (χ3n) is 4.53. The summed E-state index contributed by atoms with van der Waals surface area (Å²) in [6.45, 7) is 0. The van der Waals surface area contributed by atoms with E-state index in [2.05, 4.69) is 17.3 Å². The van der Waals surface area contributed by atoms with E-state index < -0.39 is 6.09 Å². The van der Waals surface area contributed by atoms with Crippen molar-refractivity contribution in [1.29, 1.82) is 0 Å². The molecule has 20 heavy (non-hydrogen) atoms. The number of piperidine rings is 1. The Morgan fingerprint density at radius 2 is 1.95 bits per heavy atom. The molecule has 2 fully saturated rings. The van der Waals surface area contributed by atoms with Crippen molar-refractivity contribution in [3.63, 3.8) is 0 Å². The third-order valence-corrected chi connectivity index (χ3v) is 4.53. The Morgan fingerprint density at radius 1 is 1.30 bits per heavy atom. The smallest absolute Gasteiger partial charge is 0.411 e. The predicted molar refractivity (Wildman–Crippen MR) is 78.6 cm³/mol. The van der Waals surface area contributed by atoms with Gasteiger partial charge in [-0.1, -0.05) is 12.1 Å². The van der Waals surface area contributed by atoms with Gasteiger partial charge in [0.05, 0.1) is 11.4 Å². The number of rotatable bonds is 2. The molecule has 5 heteroatoms. The number of carbonyl (C=O) groups excluding carboxylic acids is 1. The maximum absolute atomic E-state index is 11.9. The van der Waals surface area contributed by atoms with Crippen LogP contribution in [0.3, 0.4) is 0 Å². The second-order valence-electron chi connectivity index (χ2n) is 5.76. The Hall–Kier alpha value is -1.75. The number of nitrogens with zero attached hydrogens (tertiary/aromatic N) is 1. The van der Waals surface area contributed by atoms with E-state index in [9.17, 15) is 4.79 Å². The van der Waals surface area contributed by atoms with Crippen molar-refractivity contribution in [3.8, 4) is 0 Å². The van der Waals surface area contributed by atoms with Crippen LogP contribution in [0.5, 0.6) is 0 Å². The van der Waals surface area contributed by atoms with Crippen LogP contribution in [0, 0.1) is 0 Å². The molecule has 0 radical (unpaired) electrons. The van der Waals surface area contributed by atoms with Crippen molar-refractivity contribution in [2.45, 2.75) is 43.9 Å². The van der Waals surface area contributed by atoms with Crippen LogP contribution in [-0.4, -0.2) is 36.2 Å². The fourth-order valence-corrected chi connectivity index (χ4v) is 3.36. The molecule has 2 bridgehead atoms. The van der Waals surface area contributed by atoms with Gasteiger partial charge in [-0.05, 0) is 32.0 Å². The van der Waals surface area contributed by atoms with Crippen LogP contribution in [0.1, 0.15) is 25.7 Å². The molecule has 3 rings (SSSR count). The molecule has 2 unspecified atom stereocenters. The van der Waals surface area contributed by atoms with E-state index in [0.717, 1.165) is 12.8 Å². The third kappa shape index (κ3) is 2.58. The van der Waals surface area contributed by atoms with E-state index in [0.29, 0.717) is 23.5 Å². The zero-order chi connectivity index (χ0) is 14.1. The largest absolute Gasteiger partial charge is 0.446 e. The summed E-state index contributed by atoms with van der Waals surface area (Å²) in [5.41, 5.74) is 6.95. The molecule has 0 spiro atoms. The van der Waals surface area contributed by atoms with Crippen LogP contribution in [0.2, 0.25) is 0 Å². The number of nitrogens with two attached hydrogens (primary N) is 1. The van der Waals surface area contributed by atoms with Gasteiger partial charge in [0, 0.05) is 24.9 Å². The molecule has 2 aliphatic heterocycles. The molecule has 0 aliphatic carbocycles. The summed E-state index contributed by atoms with van der Waals surface area (Å²) in [4.78, 5) is 14.4. The van der Waals surface area contributed by atoms with Crippen molar-refractivity contribution in [2.24, 2.45) is 0 Å². The van der Waals surface area contributed by atoms with Crippen LogP contribution < -0.4 is 11.1 Å². The van der Waals surface area contributed by atoms with Crippen LogP contribution >= 0.6 is 0 Å². The Bertz CT molecular complexity index is 492. The Labute approximate surface area is 119 Å². The molecule has 5 nitrogen and oxygen atoms in total. The van der Waals surface area contributed by atoms with Crippen LogP contribution in [-0.2, 0) is 4.74 Å². The van der Waals surface area contributed by atoms with Gasteiger partial charge in [0.15, 0.2) is 0 Å². The van der Waals surface area contributed by atoms with Crippen LogP contribution in [0.25, 0.3) is 0 Å². The summed E-state index contributed by atoms with van der Waals surface area (Å²) in [5.74, 6) is 0. The summed E-state index contributed by atoms with van der Waals surface area (Å²) >= 11 is 0. The van der Waals surface area contributed by atoms with Gasteiger partial charge >= 0.3 is 6.09 Å². The number of nitrogens with one attached hydrogen (secondary N) is 1. The van der Waals surface area contributed by atoms with Gasteiger partial charge in [-0.2, -0.15) is 0 Å². The summed E-state index contributed by atoms with van der Waals surface area (Å²) in [5, 5.41) is 2.72. The topological polar surface area (TPSA) is 67.6 Å². The molecule has 1 aromatic carbocycles. The van der Waals surface area contributed by atoms with E-state index >= 15 is 0 Å². The molecule has 2 heterocycles. The van der Waals surface area contributed by atoms with E-state index in [1.54, 1.807) is 12.1 Å². The first kappa shape index (κ1) is 13.2. The van der Waals surface area contributed by atoms with Crippen molar-refractivity contribution in [1.82, 2.24) is 4.90 Å². The van der Waals surface area contributed by atoms with Crippen molar-refractivity contribution in [3.05, 3.63) is 24.3 Å². The van der Waals surface area contributed by atoms with Crippen molar-refractivity contribution >= 4 is 17.5 Å². The summed E-state index contributed by atoms with van der Waals surface area (Å²) < 4.78 is 5.55. The number of ether oxygens (including phenoxy) is 1. The zero-order valence-corrected chi connectivity index (χ0v) is 11.7. The Morgan fingerprint density at radius 3 is 2.60 bits per heavy atom. The van der Waals surface area contributed by atoms with Crippen LogP contribution in [0.15, 0.2) is 24.3 Å². The number of hydrogen-bond acceptors (Lipinski definition) is 4. The highest BCUT2D eigenvalue weighted by Crippen LogP contribution is 2.35. The highest BCUT2D eigenvalue weighted by molar-refractivity contribution is 5.88. The Kier molecular flexibility index (Phi) is 3.53. The van der Waals surface area contributed by atoms with Gasteiger partial charge in [-0.3, -0.25) is 5.32 Å². The lowest BCUT2D eigenvalue weighted by molar-refractivity contribution is 0.0348. The monoisotopic (exact) mass is 275 g/mol. The highest BCUT2D eigenvalue weighted by Gasteiger charge is 2.39. The fourth-order valence-electron chi connectivity index (χ4n) is 3.36. The molecule has 2 saturated heterocycles. The SMILES string of the molecule is CN1C2CCC1CC(OC(=O)Nc1ccccc1N)C2. The molecule has 3 N–H and O–H groups in total. The summed E-state index contributed by atoms with van der Waals surface area (Å²) in [6.07, 6.45) is 3.92. The molecule has 1 amide bonds. The average molecular weight is 275 g/mol.